The monoisotopic (exact) mass is 238 g/mol. The second-order valence-corrected chi connectivity index (χ2v) is 5.55. The van der Waals surface area contributed by atoms with Gasteiger partial charge in [0.15, 0.2) is 0 Å². The summed E-state index contributed by atoms with van der Waals surface area (Å²) in [5.41, 5.74) is -0.209. The number of benzene rings is 1. The molecule has 17 heavy (non-hydrogen) atoms. The second kappa shape index (κ2) is 6.15. The van der Waals surface area contributed by atoms with Gasteiger partial charge in [0.05, 0.1) is 5.60 Å². The maximum Gasteiger partial charge on any atom is 0.126 e. The van der Waals surface area contributed by atoms with Gasteiger partial charge in [-0.15, -0.1) is 0 Å². The highest BCUT2D eigenvalue weighted by Crippen LogP contribution is 2.22. The van der Waals surface area contributed by atoms with Gasteiger partial charge in [-0.05, 0) is 30.9 Å². The van der Waals surface area contributed by atoms with E-state index >= 15 is 0 Å². The molecule has 0 fully saturated rings. The Morgan fingerprint density at radius 2 is 1.94 bits per heavy atom. The van der Waals surface area contributed by atoms with Crippen LogP contribution in [0.2, 0.25) is 0 Å². The Kier molecular flexibility index (Phi) is 5.13. The highest BCUT2D eigenvalue weighted by Gasteiger charge is 2.21. The van der Waals surface area contributed by atoms with Gasteiger partial charge in [-0.1, -0.05) is 44.9 Å². The summed E-state index contributed by atoms with van der Waals surface area (Å²) in [6, 6.07) is 6.67. The number of aliphatic hydroxyl groups is 1. The predicted molar refractivity (Wildman–Crippen MR) is 69.4 cm³/mol. The lowest BCUT2D eigenvalue weighted by Crippen LogP contribution is -2.27. The zero-order valence-electron chi connectivity index (χ0n) is 11.0. The predicted octanol–water partition coefficient (Wildman–Crippen LogP) is 3.95. The Morgan fingerprint density at radius 3 is 2.53 bits per heavy atom. The van der Waals surface area contributed by atoms with Crippen LogP contribution in [0.1, 0.15) is 45.6 Å². The molecule has 0 spiro atoms. The second-order valence-electron chi connectivity index (χ2n) is 5.55. The summed E-state index contributed by atoms with van der Waals surface area (Å²) in [5, 5.41) is 10.2. The van der Waals surface area contributed by atoms with E-state index in [1.807, 2.05) is 6.07 Å². The average molecular weight is 238 g/mol. The van der Waals surface area contributed by atoms with Crippen LogP contribution in [-0.4, -0.2) is 10.7 Å². The summed E-state index contributed by atoms with van der Waals surface area (Å²) in [6.45, 7) is 6.14. The smallest absolute Gasteiger partial charge is 0.126 e. The van der Waals surface area contributed by atoms with Crippen molar-refractivity contribution in [2.45, 2.75) is 52.1 Å². The molecule has 1 aromatic carbocycles. The Morgan fingerprint density at radius 1 is 1.29 bits per heavy atom. The zero-order valence-corrected chi connectivity index (χ0v) is 11.0. The SMILES string of the molecule is CC(C)CCCC(C)(O)Cc1ccccc1F. The highest BCUT2D eigenvalue weighted by molar-refractivity contribution is 5.19. The molecule has 1 rings (SSSR count). The maximum absolute atomic E-state index is 13.5. The fourth-order valence-electron chi connectivity index (χ4n) is 2.03. The van der Waals surface area contributed by atoms with Gasteiger partial charge >= 0.3 is 0 Å². The van der Waals surface area contributed by atoms with Crippen LogP contribution in [0.4, 0.5) is 4.39 Å². The average Bonchev–Trinajstić information content (AvgIpc) is 2.20. The minimum absolute atomic E-state index is 0.225. The summed E-state index contributed by atoms with van der Waals surface area (Å²) in [4.78, 5) is 0. The van der Waals surface area contributed by atoms with Crippen LogP contribution in [0.15, 0.2) is 24.3 Å². The highest BCUT2D eigenvalue weighted by atomic mass is 19.1. The molecule has 0 radical (unpaired) electrons. The van der Waals surface area contributed by atoms with Crippen molar-refractivity contribution in [3.8, 4) is 0 Å². The van der Waals surface area contributed by atoms with E-state index in [0.29, 0.717) is 17.9 Å². The van der Waals surface area contributed by atoms with E-state index in [-0.39, 0.29) is 5.82 Å². The maximum atomic E-state index is 13.5. The minimum Gasteiger partial charge on any atom is -0.390 e. The van der Waals surface area contributed by atoms with Gasteiger partial charge in [0.2, 0.25) is 0 Å². The molecule has 0 aliphatic rings. The molecule has 0 saturated heterocycles. The van der Waals surface area contributed by atoms with Crippen LogP contribution < -0.4 is 0 Å². The molecule has 1 nitrogen and oxygen atoms in total. The molecule has 2 heteroatoms. The standard InChI is InChI=1S/C15H23FO/c1-12(2)7-6-10-15(3,17)11-13-8-4-5-9-14(13)16/h4-5,8-9,12,17H,6-7,10-11H2,1-3H3. The number of hydrogen-bond acceptors (Lipinski definition) is 1. The van der Waals surface area contributed by atoms with Crippen molar-refractivity contribution in [2.24, 2.45) is 5.92 Å². The van der Waals surface area contributed by atoms with Crippen molar-refractivity contribution in [1.82, 2.24) is 0 Å². The molecule has 96 valence electrons. The fourth-order valence-corrected chi connectivity index (χ4v) is 2.03. The van der Waals surface area contributed by atoms with Crippen LogP contribution in [0.5, 0.6) is 0 Å². The molecule has 1 aromatic rings. The molecule has 0 bridgehead atoms. The molecule has 0 saturated carbocycles. The molecule has 1 N–H and O–H groups in total. The third-order valence-corrected chi connectivity index (χ3v) is 3.03. The van der Waals surface area contributed by atoms with E-state index in [1.54, 1.807) is 19.1 Å². The molecular formula is C15H23FO. The van der Waals surface area contributed by atoms with Gasteiger partial charge in [-0.2, -0.15) is 0 Å². The summed E-state index contributed by atoms with van der Waals surface area (Å²) in [7, 11) is 0. The normalized spacial score (nSPS) is 14.9. The van der Waals surface area contributed by atoms with Crippen molar-refractivity contribution < 1.29 is 9.50 Å². The van der Waals surface area contributed by atoms with E-state index in [4.69, 9.17) is 0 Å². The van der Waals surface area contributed by atoms with Crippen LogP contribution >= 0.6 is 0 Å². The number of halogens is 1. The summed E-state index contributed by atoms with van der Waals surface area (Å²) in [6.07, 6.45) is 3.20. The summed E-state index contributed by atoms with van der Waals surface area (Å²) in [5.74, 6) is 0.427. The van der Waals surface area contributed by atoms with Gasteiger partial charge in [0.1, 0.15) is 5.82 Å². The zero-order chi connectivity index (χ0) is 12.9. The van der Waals surface area contributed by atoms with Gasteiger partial charge in [-0.25, -0.2) is 4.39 Å². The van der Waals surface area contributed by atoms with Gasteiger partial charge in [-0.3, -0.25) is 0 Å². The van der Waals surface area contributed by atoms with Crippen molar-refractivity contribution in [2.75, 3.05) is 0 Å². The van der Waals surface area contributed by atoms with E-state index in [2.05, 4.69) is 13.8 Å². The number of rotatable bonds is 6. The van der Waals surface area contributed by atoms with E-state index < -0.39 is 5.60 Å². The largest absolute Gasteiger partial charge is 0.390 e. The fraction of sp³-hybridized carbons (Fsp3) is 0.600. The first-order valence-electron chi connectivity index (χ1n) is 6.36. The van der Waals surface area contributed by atoms with Crippen LogP contribution in [-0.2, 0) is 6.42 Å². The quantitative estimate of drug-likeness (QED) is 0.795. The van der Waals surface area contributed by atoms with Crippen molar-refractivity contribution in [1.29, 1.82) is 0 Å². The molecule has 0 heterocycles. The molecule has 1 unspecified atom stereocenters. The lowest BCUT2D eigenvalue weighted by molar-refractivity contribution is 0.0469. The lowest BCUT2D eigenvalue weighted by atomic mass is 9.90. The molecule has 0 aliphatic carbocycles. The Bertz CT molecular complexity index is 345. The molecule has 0 aliphatic heterocycles. The Labute approximate surface area is 104 Å². The van der Waals surface area contributed by atoms with E-state index in [1.165, 1.54) is 6.07 Å². The Hall–Kier alpha value is -0.890. The topological polar surface area (TPSA) is 20.2 Å². The van der Waals surface area contributed by atoms with E-state index in [9.17, 15) is 9.50 Å². The minimum atomic E-state index is -0.808. The Balaban J connectivity index is 2.51. The summed E-state index contributed by atoms with van der Waals surface area (Å²) < 4.78 is 13.5. The first kappa shape index (κ1) is 14.2. The lowest BCUT2D eigenvalue weighted by Gasteiger charge is -2.24. The van der Waals surface area contributed by atoms with Gasteiger partial charge in [0, 0.05) is 6.42 Å². The first-order chi connectivity index (χ1) is 7.91. The third-order valence-electron chi connectivity index (χ3n) is 3.03. The molecular weight excluding hydrogens is 215 g/mol. The van der Waals surface area contributed by atoms with Crippen molar-refractivity contribution in [3.05, 3.63) is 35.6 Å². The van der Waals surface area contributed by atoms with Crippen LogP contribution in [0.3, 0.4) is 0 Å². The molecule has 1 atom stereocenters. The van der Waals surface area contributed by atoms with Crippen LogP contribution in [0.25, 0.3) is 0 Å². The third kappa shape index (κ3) is 5.31. The summed E-state index contributed by atoms with van der Waals surface area (Å²) >= 11 is 0. The van der Waals surface area contributed by atoms with Crippen molar-refractivity contribution in [3.63, 3.8) is 0 Å². The van der Waals surface area contributed by atoms with Crippen molar-refractivity contribution >= 4 is 0 Å². The van der Waals surface area contributed by atoms with Gasteiger partial charge in [0.25, 0.3) is 0 Å². The molecule has 0 aromatic heterocycles. The molecule has 0 amide bonds. The van der Waals surface area contributed by atoms with Gasteiger partial charge < -0.3 is 5.11 Å². The van der Waals surface area contributed by atoms with Crippen LogP contribution in [0, 0.1) is 11.7 Å². The van der Waals surface area contributed by atoms with E-state index in [0.717, 1.165) is 19.3 Å². The number of hydrogen-bond donors (Lipinski definition) is 1. The first-order valence-corrected chi connectivity index (χ1v) is 6.36.